The normalized spacial score (nSPS) is 27.5. The fourth-order valence-corrected chi connectivity index (χ4v) is 3.24. The molecule has 158 valence electrons. The molecule has 0 unspecified atom stereocenters. The molecule has 0 radical (unpaired) electrons. The zero-order chi connectivity index (χ0) is 20.4. The van der Waals surface area contributed by atoms with Crippen molar-refractivity contribution in [2.45, 2.75) is 76.2 Å². The third kappa shape index (κ3) is 6.53. The molecule has 1 aromatic carbocycles. The number of benzene rings is 1. The van der Waals surface area contributed by atoms with Gasteiger partial charge < -0.3 is 29.5 Å². The van der Waals surface area contributed by atoms with Crippen LogP contribution in [0.1, 0.15) is 55.8 Å². The third-order valence-corrected chi connectivity index (χ3v) is 4.88. The highest BCUT2D eigenvalue weighted by Crippen LogP contribution is 2.26. The minimum atomic E-state index is -1.41. The number of rotatable bonds is 11. The Kier molecular flexibility index (Phi) is 9.87. The standard InChI is InChI=1S/C21H32O7/c1-2-3-4-5-6-10-13-26-19-18(17(23)16(14-22)27-21(19)25)28-20(24)15-11-8-7-9-12-15/h7-9,11-12,16-19,21-23,25H,2-6,10,13-14H2,1H3/t16-,17-,18+,19-,21-/m1/s1. The Hall–Kier alpha value is -1.51. The van der Waals surface area contributed by atoms with E-state index in [0.29, 0.717) is 12.2 Å². The molecule has 1 fully saturated rings. The van der Waals surface area contributed by atoms with Crippen LogP contribution in [0.15, 0.2) is 30.3 Å². The second-order valence-corrected chi connectivity index (χ2v) is 7.08. The van der Waals surface area contributed by atoms with Crippen molar-refractivity contribution in [1.82, 2.24) is 0 Å². The number of esters is 1. The van der Waals surface area contributed by atoms with Crippen LogP contribution in [0.3, 0.4) is 0 Å². The van der Waals surface area contributed by atoms with Gasteiger partial charge in [-0.25, -0.2) is 4.79 Å². The van der Waals surface area contributed by atoms with Crippen LogP contribution in [0.2, 0.25) is 0 Å². The predicted molar refractivity (Wildman–Crippen MR) is 103 cm³/mol. The molecular formula is C21H32O7. The number of aliphatic hydroxyl groups is 3. The van der Waals surface area contributed by atoms with Gasteiger partial charge in [0.1, 0.15) is 18.3 Å². The highest BCUT2D eigenvalue weighted by molar-refractivity contribution is 5.89. The average Bonchev–Trinajstić information content (AvgIpc) is 2.72. The number of hydrogen-bond acceptors (Lipinski definition) is 7. The fraction of sp³-hybridized carbons (Fsp3) is 0.667. The summed E-state index contributed by atoms with van der Waals surface area (Å²) in [5, 5.41) is 30.1. The molecule has 0 amide bonds. The third-order valence-electron chi connectivity index (χ3n) is 4.88. The van der Waals surface area contributed by atoms with Gasteiger partial charge in [-0.05, 0) is 18.6 Å². The van der Waals surface area contributed by atoms with Gasteiger partial charge in [-0.15, -0.1) is 0 Å². The Morgan fingerprint density at radius 1 is 1.04 bits per heavy atom. The van der Waals surface area contributed by atoms with Gasteiger partial charge >= 0.3 is 5.97 Å². The first-order chi connectivity index (χ1) is 13.6. The molecule has 0 saturated carbocycles. The van der Waals surface area contributed by atoms with E-state index in [0.717, 1.165) is 19.3 Å². The summed E-state index contributed by atoms with van der Waals surface area (Å²) < 4.78 is 16.4. The van der Waals surface area contributed by atoms with E-state index in [1.165, 1.54) is 19.3 Å². The molecule has 7 nitrogen and oxygen atoms in total. The van der Waals surface area contributed by atoms with Gasteiger partial charge in [0.05, 0.1) is 12.2 Å². The minimum Gasteiger partial charge on any atom is -0.453 e. The Morgan fingerprint density at radius 2 is 1.71 bits per heavy atom. The molecule has 1 aliphatic rings. The topological polar surface area (TPSA) is 105 Å². The maximum Gasteiger partial charge on any atom is 0.338 e. The van der Waals surface area contributed by atoms with E-state index in [-0.39, 0.29) is 0 Å². The van der Waals surface area contributed by atoms with Crippen molar-refractivity contribution in [3.63, 3.8) is 0 Å². The average molecular weight is 396 g/mol. The van der Waals surface area contributed by atoms with Crippen LogP contribution in [-0.4, -0.2) is 65.2 Å². The van der Waals surface area contributed by atoms with E-state index < -0.39 is 43.3 Å². The van der Waals surface area contributed by atoms with Crippen molar-refractivity contribution in [2.75, 3.05) is 13.2 Å². The van der Waals surface area contributed by atoms with Crippen molar-refractivity contribution in [1.29, 1.82) is 0 Å². The van der Waals surface area contributed by atoms with Crippen molar-refractivity contribution >= 4 is 5.97 Å². The number of hydrogen-bond donors (Lipinski definition) is 3. The summed E-state index contributed by atoms with van der Waals surface area (Å²) in [7, 11) is 0. The number of ether oxygens (including phenoxy) is 3. The molecule has 1 heterocycles. The number of unbranched alkanes of at least 4 members (excludes halogenated alkanes) is 5. The molecule has 1 aromatic rings. The first-order valence-electron chi connectivity index (χ1n) is 10.1. The quantitative estimate of drug-likeness (QED) is 0.388. The molecule has 3 N–H and O–H groups in total. The summed E-state index contributed by atoms with van der Waals surface area (Å²) in [6.07, 6.45) is 0.536. The van der Waals surface area contributed by atoms with Crippen molar-refractivity contribution < 1.29 is 34.3 Å². The second-order valence-electron chi connectivity index (χ2n) is 7.08. The Labute approximate surface area is 166 Å². The van der Waals surface area contributed by atoms with Crippen molar-refractivity contribution in [3.05, 3.63) is 35.9 Å². The second kappa shape index (κ2) is 12.1. The van der Waals surface area contributed by atoms with E-state index in [2.05, 4.69) is 6.92 Å². The van der Waals surface area contributed by atoms with Crippen LogP contribution in [0.4, 0.5) is 0 Å². The van der Waals surface area contributed by atoms with Gasteiger partial charge in [0.25, 0.3) is 0 Å². The molecule has 1 saturated heterocycles. The molecule has 0 spiro atoms. The summed E-state index contributed by atoms with van der Waals surface area (Å²) in [6, 6.07) is 8.38. The van der Waals surface area contributed by atoms with E-state index >= 15 is 0 Å². The Morgan fingerprint density at radius 3 is 2.39 bits per heavy atom. The lowest BCUT2D eigenvalue weighted by Crippen LogP contribution is -2.60. The molecule has 0 aliphatic carbocycles. The van der Waals surface area contributed by atoms with Gasteiger partial charge in [0, 0.05) is 6.61 Å². The number of aliphatic hydroxyl groups excluding tert-OH is 3. The van der Waals surface area contributed by atoms with E-state index in [9.17, 15) is 20.1 Å². The van der Waals surface area contributed by atoms with Crippen LogP contribution in [0.5, 0.6) is 0 Å². The van der Waals surface area contributed by atoms with Gasteiger partial charge in [-0.3, -0.25) is 0 Å². The zero-order valence-corrected chi connectivity index (χ0v) is 16.4. The summed E-state index contributed by atoms with van der Waals surface area (Å²) in [5.41, 5.74) is 0.325. The molecule has 1 aliphatic heterocycles. The lowest BCUT2D eigenvalue weighted by atomic mass is 9.98. The summed E-state index contributed by atoms with van der Waals surface area (Å²) in [4.78, 5) is 12.4. The highest BCUT2D eigenvalue weighted by Gasteiger charge is 2.47. The summed E-state index contributed by atoms with van der Waals surface area (Å²) in [5.74, 6) is -0.636. The van der Waals surface area contributed by atoms with Crippen LogP contribution in [0, 0.1) is 0 Å². The van der Waals surface area contributed by atoms with Gasteiger partial charge in [-0.2, -0.15) is 0 Å². The van der Waals surface area contributed by atoms with Crippen LogP contribution in [0.25, 0.3) is 0 Å². The highest BCUT2D eigenvalue weighted by atomic mass is 16.7. The Bertz CT molecular complexity index is 565. The molecule has 7 heteroatoms. The summed E-state index contributed by atoms with van der Waals surface area (Å²) >= 11 is 0. The SMILES string of the molecule is CCCCCCCCO[C@@H]1[C@@H](OC(=O)c2ccccc2)[C@H](O)[C@@H](CO)O[C@H]1O. The van der Waals surface area contributed by atoms with E-state index in [1.807, 2.05) is 0 Å². The maximum atomic E-state index is 12.4. The lowest BCUT2D eigenvalue weighted by Gasteiger charge is -2.41. The molecular weight excluding hydrogens is 364 g/mol. The summed E-state index contributed by atoms with van der Waals surface area (Å²) in [6.45, 7) is 2.00. The minimum absolute atomic E-state index is 0.325. The fourth-order valence-electron chi connectivity index (χ4n) is 3.24. The smallest absolute Gasteiger partial charge is 0.338 e. The predicted octanol–water partition coefficient (Wildman–Crippen LogP) is 2.03. The van der Waals surface area contributed by atoms with Gasteiger partial charge in [0.2, 0.25) is 0 Å². The van der Waals surface area contributed by atoms with E-state index in [1.54, 1.807) is 30.3 Å². The molecule has 28 heavy (non-hydrogen) atoms. The maximum absolute atomic E-state index is 12.4. The molecule has 5 atom stereocenters. The van der Waals surface area contributed by atoms with Crippen molar-refractivity contribution in [2.24, 2.45) is 0 Å². The Balaban J connectivity index is 1.95. The first kappa shape index (κ1) is 22.8. The zero-order valence-electron chi connectivity index (χ0n) is 16.4. The van der Waals surface area contributed by atoms with Crippen LogP contribution < -0.4 is 0 Å². The van der Waals surface area contributed by atoms with Crippen molar-refractivity contribution in [3.8, 4) is 0 Å². The monoisotopic (exact) mass is 396 g/mol. The van der Waals surface area contributed by atoms with Crippen LogP contribution >= 0.6 is 0 Å². The first-order valence-corrected chi connectivity index (χ1v) is 10.1. The van der Waals surface area contributed by atoms with Gasteiger partial charge in [0.15, 0.2) is 12.4 Å². The van der Waals surface area contributed by atoms with E-state index in [4.69, 9.17) is 14.2 Å². The largest absolute Gasteiger partial charge is 0.453 e. The van der Waals surface area contributed by atoms with Crippen LogP contribution in [-0.2, 0) is 14.2 Å². The number of carbonyl (C=O) groups excluding carboxylic acids is 1. The lowest BCUT2D eigenvalue weighted by molar-refractivity contribution is -0.295. The molecule has 0 bridgehead atoms. The van der Waals surface area contributed by atoms with Gasteiger partial charge in [-0.1, -0.05) is 57.2 Å². The molecule has 0 aromatic heterocycles. The molecule has 2 rings (SSSR count). The number of carbonyl (C=O) groups is 1.